The molecule has 0 unspecified atom stereocenters. The number of halogens is 2. The minimum atomic E-state index is -0.0782. The van der Waals surface area contributed by atoms with E-state index in [0.717, 1.165) is 10.0 Å². The first-order chi connectivity index (χ1) is 5.25. The molecule has 1 aromatic carbocycles. The van der Waals surface area contributed by atoms with E-state index in [0.29, 0.717) is 0 Å². The molecule has 0 saturated carbocycles. The Hall–Kier alpha value is -0.310. The summed E-state index contributed by atoms with van der Waals surface area (Å²) < 4.78 is 1.03. The van der Waals surface area contributed by atoms with E-state index in [1.165, 1.54) is 0 Å². The first kappa shape index (κ1) is 11.7. The zero-order valence-corrected chi connectivity index (χ0v) is 8.94. The largest absolute Gasteiger partial charge is 0.321 e. The van der Waals surface area contributed by atoms with Crippen molar-refractivity contribution in [2.45, 2.75) is 6.04 Å². The van der Waals surface area contributed by atoms with Crippen molar-refractivity contribution in [3.8, 4) is 0 Å². The van der Waals surface area contributed by atoms with Crippen molar-refractivity contribution in [2.24, 2.45) is 5.73 Å². The number of hydrogen-bond acceptors (Lipinski definition) is 1. The van der Waals surface area contributed by atoms with Crippen LogP contribution in [0.25, 0.3) is 0 Å². The van der Waals surface area contributed by atoms with Gasteiger partial charge < -0.3 is 5.73 Å². The summed E-state index contributed by atoms with van der Waals surface area (Å²) in [5.74, 6) is 0. The lowest BCUT2D eigenvalue weighted by molar-refractivity contribution is 0.908. The number of benzene rings is 1. The van der Waals surface area contributed by atoms with Crippen LogP contribution in [0, 0.1) is 0 Å². The molecule has 0 aliphatic heterocycles. The van der Waals surface area contributed by atoms with Crippen LogP contribution in [-0.2, 0) is 0 Å². The summed E-state index contributed by atoms with van der Waals surface area (Å²) in [5, 5.41) is 0. The van der Waals surface area contributed by atoms with Crippen LogP contribution in [-0.4, -0.2) is 0 Å². The topological polar surface area (TPSA) is 26.0 Å². The second-order valence-electron chi connectivity index (χ2n) is 2.28. The van der Waals surface area contributed by atoms with Crippen LogP contribution in [0.3, 0.4) is 0 Å². The lowest BCUT2D eigenvalue weighted by Gasteiger charge is -2.07. The molecule has 0 radical (unpaired) electrons. The van der Waals surface area contributed by atoms with Crippen LogP contribution in [0.15, 0.2) is 41.4 Å². The lowest BCUT2D eigenvalue weighted by Crippen LogP contribution is -2.06. The molecule has 0 aromatic heterocycles. The molecule has 0 aliphatic rings. The first-order valence-corrected chi connectivity index (χ1v) is 4.17. The van der Waals surface area contributed by atoms with Gasteiger partial charge in [-0.05, 0) is 11.6 Å². The van der Waals surface area contributed by atoms with Gasteiger partial charge in [-0.15, -0.1) is 19.0 Å². The van der Waals surface area contributed by atoms with Gasteiger partial charge >= 0.3 is 0 Å². The molecule has 3 heteroatoms. The van der Waals surface area contributed by atoms with E-state index >= 15 is 0 Å². The molecule has 0 saturated heterocycles. The zero-order chi connectivity index (χ0) is 8.27. The molecule has 12 heavy (non-hydrogen) atoms. The van der Waals surface area contributed by atoms with E-state index in [9.17, 15) is 0 Å². The van der Waals surface area contributed by atoms with E-state index in [1.807, 2.05) is 24.3 Å². The van der Waals surface area contributed by atoms with Gasteiger partial charge in [0, 0.05) is 10.5 Å². The lowest BCUT2D eigenvalue weighted by atomic mass is 10.1. The van der Waals surface area contributed by atoms with Crippen LogP contribution in [0.5, 0.6) is 0 Å². The fraction of sp³-hybridized carbons (Fsp3) is 0.111. The molecule has 0 heterocycles. The summed E-state index contributed by atoms with van der Waals surface area (Å²) in [5.41, 5.74) is 6.82. The summed E-state index contributed by atoms with van der Waals surface area (Å²) in [6.07, 6.45) is 1.72. The normalized spacial score (nSPS) is 11.5. The van der Waals surface area contributed by atoms with Crippen molar-refractivity contribution in [3.63, 3.8) is 0 Å². The van der Waals surface area contributed by atoms with Crippen LogP contribution < -0.4 is 5.73 Å². The molecular weight excluding hydrogens is 237 g/mol. The average Bonchev–Trinajstić information content (AvgIpc) is 2.04. The van der Waals surface area contributed by atoms with E-state index in [-0.39, 0.29) is 18.4 Å². The minimum absolute atomic E-state index is 0. The standard InChI is InChI=1S/C9H10BrN.ClH/c1-2-9(11)7-5-3-4-6-8(7)10;/h2-6,9H,1,11H2;1H/t9-;/m0./s1. The van der Waals surface area contributed by atoms with Gasteiger partial charge in [-0.1, -0.05) is 40.2 Å². The Bertz CT molecular complexity index is 262. The molecule has 1 atom stereocenters. The predicted octanol–water partition coefficient (Wildman–Crippen LogP) is 3.06. The van der Waals surface area contributed by atoms with E-state index in [4.69, 9.17) is 5.73 Å². The van der Waals surface area contributed by atoms with Crippen LogP contribution in [0.4, 0.5) is 0 Å². The van der Waals surface area contributed by atoms with E-state index in [1.54, 1.807) is 6.08 Å². The Balaban J connectivity index is 0.00000121. The molecule has 0 aliphatic carbocycles. The fourth-order valence-electron chi connectivity index (χ4n) is 0.872. The van der Waals surface area contributed by atoms with E-state index < -0.39 is 0 Å². The van der Waals surface area contributed by atoms with Crippen LogP contribution in [0.2, 0.25) is 0 Å². The predicted molar refractivity (Wildman–Crippen MR) is 58.5 cm³/mol. The summed E-state index contributed by atoms with van der Waals surface area (Å²) in [7, 11) is 0. The molecule has 1 nitrogen and oxygen atoms in total. The van der Waals surface area contributed by atoms with Gasteiger partial charge in [0.05, 0.1) is 0 Å². The van der Waals surface area contributed by atoms with Gasteiger partial charge in [0.1, 0.15) is 0 Å². The van der Waals surface area contributed by atoms with Crippen LogP contribution in [0.1, 0.15) is 11.6 Å². The van der Waals surface area contributed by atoms with Gasteiger partial charge in [-0.3, -0.25) is 0 Å². The second-order valence-corrected chi connectivity index (χ2v) is 3.14. The van der Waals surface area contributed by atoms with Gasteiger partial charge in [-0.25, -0.2) is 0 Å². The maximum Gasteiger partial charge on any atom is 0.0489 e. The maximum absolute atomic E-state index is 5.75. The summed E-state index contributed by atoms with van der Waals surface area (Å²) in [4.78, 5) is 0. The molecular formula is C9H11BrClN. The number of rotatable bonds is 2. The Kier molecular flexibility index (Phi) is 5.22. The van der Waals surface area contributed by atoms with Gasteiger partial charge in [0.15, 0.2) is 0 Å². The smallest absolute Gasteiger partial charge is 0.0489 e. The van der Waals surface area contributed by atoms with Crippen molar-refractivity contribution < 1.29 is 0 Å². The van der Waals surface area contributed by atoms with Crippen molar-refractivity contribution in [1.29, 1.82) is 0 Å². The number of nitrogens with two attached hydrogens (primary N) is 1. The van der Waals surface area contributed by atoms with Gasteiger partial charge in [0.2, 0.25) is 0 Å². The second kappa shape index (κ2) is 5.36. The third kappa shape index (κ3) is 2.63. The van der Waals surface area contributed by atoms with Gasteiger partial charge in [-0.2, -0.15) is 0 Å². The van der Waals surface area contributed by atoms with Gasteiger partial charge in [0.25, 0.3) is 0 Å². The zero-order valence-electron chi connectivity index (χ0n) is 6.53. The molecule has 66 valence electrons. The van der Waals surface area contributed by atoms with Crippen molar-refractivity contribution in [1.82, 2.24) is 0 Å². The third-order valence-electron chi connectivity index (χ3n) is 1.52. The molecule has 1 aromatic rings. The quantitative estimate of drug-likeness (QED) is 0.800. The summed E-state index contributed by atoms with van der Waals surface area (Å²) >= 11 is 3.41. The molecule has 0 spiro atoms. The monoisotopic (exact) mass is 247 g/mol. The summed E-state index contributed by atoms with van der Waals surface area (Å²) in [6.45, 7) is 3.63. The highest BCUT2D eigenvalue weighted by molar-refractivity contribution is 9.10. The van der Waals surface area contributed by atoms with Crippen molar-refractivity contribution in [3.05, 3.63) is 47.0 Å². The van der Waals surface area contributed by atoms with Crippen LogP contribution >= 0.6 is 28.3 Å². The Labute approximate surface area is 87.2 Å². The first-order valence-electron chi connectivity index (χ1n) is 3.38. The third-order valence-corrected chi connectivity index (χ3v) is 2.24. The highest BCUT2D eigenvalue weighted by atomic mass is 79.9. The molecule has 0 bridgehead atoms. The summed E-state index contributed by atoms with van der Waals surface area (Å²) in [6, 6.07) is 7.80. The SMILES string of the molecule is C=C[C@H](N)c1ccccc1Br.Cl. The Morgan fingerprint density at radius 1 is 1.42 bits per heavy atom. The minimum Gasteiger partial charge on any atom is -0.321 e. The average molecular weight is 249 g/mol. The van der Waals surface area contributed by atoms with Crippen molar-refractivity contribution >= 4 is 28.3 Å². The highest BCUT2D eigenvalue weighted by Crippen LogP contribution is 2.21. The Morgan fingerprint density at radius 2 is 2.00 bits per heavy atom. The highest BCUT2D eigenvalue weighted by Gasteiger charge is 2.03. The van der Waals surface area contributed by atoms with Crippen molar-refractivity contribution in [2.75, 3.05) is 0 Å². The maximum atomic E-state index is 5.75. The molecule has 0 fully saturated rings. The Morgan fingerprint density at radius 3 is 2.50 bits per heavy atom. The fourth-order valence-corrected chi connectivity index (χ4v) is 1.42. The molecule has 0 amide bonds. The molecule has 1 rings (SSSR count). The molecule has 2 N–H and O–H groups in total. The van der Waals surface area contributed by atoms with E-state index in [2.05, 4.69) is 22.5 Å². The number of hydrogen-bond donors (Lipinski definition) is 1.